The smallest absolute Gasteiger partial charge is 0.270 e. The van der Waals surface area contributed by atoms with Crippen LogP contribution in [-0.2, 0) is 0 Å². The van der Waals surface area contributed by atoms with Gasteiger partial charge >= 0.3 is 0 Å². The van der Waals surface area contributed by atoms with Gasteiger partial charge in [-0.25, -0.2) is 10.1 Å². The van der Waals surface area contributed by atoms with Crippen LogP contribution in [0.1, 0.15) is 50.7 Å². The molecule has 0 saturated heterocycles. The van der Waals surface area contributed by atoms with Crippen molar-refractivity contribution in [3.05, 3.63) is 82.8 Å². The van der Waals surface area contributed by atoms with Gasteiger partial charge in [0.1, 0.15) is 5.75 Å². The van der Waals surface area contributed by atoms with Crippen molar-refractivity contribution in [1.29, 1.82) is 5.26 Å². The summed E-state index contributed by atoms with van der Waals surface area (Å²) in [6.45, 7) is 12.5. The van der Waals surface area contributed by atoms with Gasteiger partial charge in [-0.15, -0.1) is 0 Å². The lowest BCUT2D eigenvalue weighted by molar-refractivity contribution is 0.233. The Hall–Kier alpha value is -3.04. The highest BCUT2D eigenvalue weighted by Gasteiger charge is 2.12. The lowest BCUT2D eigenvalue weighted by Gasteiger charge is -2.16. The molecule has 0 aliphatic carbocycles. The summed E-state index contributed by atoms with van der Waals surface area (Å²) in [5.41, 5.74) is 2.47. The van der Waals surface area contributed by atoms with E-state index in [4.69, 9.17) is 11.3 Å². The Labute approximate surface area is 162 Å². The second-order valence-corrected chi connectivity index (χ2v) is 6.57. The second kappa shape index (κ2) is 10.8. The number of nitrogens with zero attached hydrogens (tertiary/aromatic N) is 2. The van der Waals surface area contributed by atoms with E-state index < -0.39 is 0 Å². The summed E-state index contributed by atoms with van der Waals surface area (Å²) in [6.07, 6.45) is 4.76. The highest BCUT2D eigenvalue weighted by Crippen LogP contribution is 2.29. The average Bonchev–Trinajstić information content (AvgIpc) is 2.73. The molecule has 2 aromatic carbocycles. The summed E-state index contributed by atoms with van der Waals surface area (Å²) in [5.74, 6) is 1.40. The largest absolute Gasteiger partial charge is 0.493 e. The van der Waals surface area contributed by atoms with Gasteiger partial charge in [-0.2, -0.15) is 0 Å². The van der Waals surface area contributed by atoms with E-state index in [1.807, 2.05) is 60.7 Å². The van der Waals surface area contributed by atoms with E-state index in [0.717, 1.165) is 29.9 Å². The minimum absolute atomic E-state index is 0.0977. The van der Waals surface area contributed by atoms with Crippen molar-refractivity contribution >= 4 is 5.57 Å². The minimum Gasteiger partial charge on any atom is -0.493 e. The highest BCUT2D eigenvalue weighted by molar-refractivity contribution is 5.85. The Morgan fingerprint density at radius 1 is 1.07 bits per heavy atom. The fourth-order valence-electron chi connectivity index (χ4n) is 3.01. The van der Waals surface area contributed by atoms with Gasteiger partial charge < -0.3 is 4.74 Å². The van der Waals surface area contributed by atoms with Crippen molar-refractivity contribution < 1.29 is 4.74 Å². The molecule has 0 N–H and O–H groups in total. The molecule has 0 amide bonds. The van der Waals surface area contributed by atoms with Gasteiger partial charge in [-0.05, 0) is 35.6 Å². The molecule has 2 aromatic rings. The van der Waals surface area contributed by atoms with Crippen LogP contribution in [0.3, 0.4) is 0 Å². The van der Waals surface area contributed by atoms with Gasteiger partial charge in [0.05, 0.1) is 19.2 Å². The second-order valence-electron chi connectivity index (χ2n) is 6.57. The summed E-state index contributed by atoms with van der Waals surface area (Å²) in [7, 11) is 0. The quantitative estimate of drug-likeness (QED) is 0.380. The molecule has 0 bridgehead atoms. The van der Waals surface area contributed by atoms with E-state index in [-0.39, 0.29) is 5.70 Å². The van der Waals surface area contributed by atoms with Gasteiger partial charge in [0, 0.05) is 5.57 Å². The maximum Gasteiger partial charge on any atom is 0.270 e. The van der Waals surface area contributed by atoms with Gasteiger partial charge in [0.15, 0.2) is 0 Å². The number of unbranched alkanes of at least 4 members (excludes halogenated alkanes) is 1. The number of ether oxygens (including phenoxy) is 1. The summed E-state index contributed by atoms with van der Waals surface area (Å²) in [6, 6.07) is 19.3. The molecule has 0 aliphatic rings. The number of benzene rings is 2. The molecule has 3 heteroatoms. The van der Waals surface area contributed by atoms with Gasteiger partial charge in [-0.1, -0.05) is 75.6 Å². The van der Waals surface area contributed by atoms with Crippen molar-refractivity contribution in [2.45, 2.75) is 39.5 Å². The topological polar surface area (TPSA) is 37.4 Å². The zero-order valence-electron chi connectivity index (χ0n) is 16.1. The SMILES string of the molecule is [C-]#[N+]C(C#N)=C(c1ccccc1)c1ccc(OCC(CC)CCCC)cc1. The van der Waals surface area contributed by atoms with E-state index in [0.29, 0.717) is 11.5 Å². The molecule has 0 fully saturated rings. The molecular formula is C24H26N2O. The molecule has 1 unspecified atom stereocenters. The predicted octanol–water partition coefficient (Wildman–Crippen LogP) is 6.48. The van der Waals surface area contributed by atoms with Crippen LogP contribution in [0, 0.1) is 23.8 Å². The third-order valence-electron chi connectivity index (χ3n) is 4.69. The lowest BCUT2D eigenvalue weighted by Crippen LogP contribution is -2.11. The standard InChI is InChI=1S/C24H26N2O/c1-4-6-10-19(5-2)18-27-22-15-13-21(14-16-22)24(23(17-25)26-3)20-11-8-7-9-12-20/h7-9,11-16,19H,4-6,10,18H2,1-2H3. The number of hydrogen-bond donors (Lipinski definition) is 0. The van der Waals surface area contributed by atoms with E-state index >= 15 is 0 Å². The van der Waals surface area contributed by atoms with Crippen molar-refractivity contribution in [2.24, 2.45) is 5.92 Å². The fraction of sp³-hybridized carbons (Fsp3) is 0.333. The van der Waals surface area contributed by atoms with Crippen LogP contribution in [0.25, 0.3) is 10.4 Å². The van der Waals surface area contributed by atoms with Gasteiger partial charge in [0.25, 0.3) is 5.70 Å². The van der Waals surface area contributed by atoms with Crippen LogP contribution in [0.2, 0.25) is 0 Å². The molecular weight excluding hydrogens is 332 g/mol. The summed E-state index contributed by atoms with van der Waals surface area (Å²) in [5, 5.41) is 9.37. The normalized spacial score (nSPS) is 12.4. The highest BCUT2D eigenvalue weighted by atomic mass is 16.5. The molecule has 1 atom stereocenters. The molecule has 3 nitrogen and oxygen atoms in total. The first-order chi connectivity index (χ1) is 13.2. The van der Waals surface area contributed by atoms with Crippen LogP contribution in [0.15, 0.2) is 60.3 Å². The van der Waals surface area contributed by atoms with Crippen molar-refractivity contribution in [3.63, 3.8) is 0 Å². The number of rotatable bonds is 9. The first kappa shape index (κ1) is 20.3. The molecule has 0 aliphatic heterocycles. The zero-order valence-corrected chi connectivity index (χ0v) is 16.1. The number of nitriles is 1. The number of hydrogen-bond acceptors (Lipinski definition) is 2. The van der Waals surface area contributed by atoms with Crippen LogP contribution < -0.4 is 4.74 Å². The van der Waals surface area contributed by atoms with Crippen molar-refractivity contribution in [3.8, 4) is 11.8 Å². The molecule has 0 aromatic heterocycles. The first-order valence-corrected chi connectivity index (χ1v) is 9.53. The van der Waals surface area contributed by atoms with Crippen LogP contribution in [0.5, 0.6) is 5.75 Å². The summed E-state index contributed by atoms with van der Waals surface area (Å²) >= 11 is 0. The van der Waals surface area contributed by atoms with E-state index in [1.165, 1.54) is 19.3 Å². The third-order valence-corrected chi connectivity index (χ3v) is 4.69. The molecule has 0 heterocycles. The Balaban J connectivity index is 2.20. The molecule has 2 rings (SSSR count). The van der Waals surface area contributed by atoms with Crippen LogP contribution >= 0.6 is 0 Å². The molecule has 0 saturated carbocycles. The predicted molar refractivity (Wildman–Crippen MR) is 110 cm³/mol. The molecule has 0 radical (unpaired) electrons. The Bertz CT molecular complexity index is 807. The van der Waals surface area contributed by atoms with E-state index in [2.05, 4.69) is 18.7 Å². The van der Waals surface area contributed by atoms with Crippen molar-refractivity contribution in [2.75, 3.05) is 6.61 Å². The van der Waals surface area contributed by atoms with E-state index in [9.17, 15) is 5.26 Å². The van der Waals surface area contributed by atoms with Gasteiger partial charge in [-0.3, -0.25) is 0 Å². The Kier molecular flexibility index (Phi) is 8.14. The Morgan fingerprint density at radius 3 is 2.30 bits per heavy atom. The van der Waals surface area contributed by atoms with Crippen LogP contribution in [0.4, 0.5) is 0 Å². The Morgan fingerprint density at radius 2 is 1.74 bits per heavy atom. The average molecular weight is 358 g/mol. The minimum atomic E-state index is 0.0977. The lowest BCUT2D eigenvalue weighted by atomic mass is 9.96. The fourth-order valence-corrected chi connectivity index (χ4v) is 3.01. The number of allylic oxidation sites excluding steroid dienone is 1. The third kappa shape index (κ3) is 5.73. The van der Waals surface area contributed by atoms with E-state index in [1.54, 1.807) is 0 Å². The first-order valence-electron chi connectivity index (χ1n) is 9.53. The van der Waals surface area contributed by atoms with Crippen LogP contribution in [-0.4, -0.2) is 6.61 Å². The maximum absolute atomic E-state index is 9.37. The zero-order chi connectivity index (χ0) is 19.5. The monoisotopic (exact) mass is 358 g/mol. The molecule has 138 valence electrons. The maximum atomic E-state index is 9.37. The molecule has 0 spiro atoms. The molecule has 27 heavy (non-hydrogen) atoms. The summed E-state index contributed by atoms with van der Waals surface area (Å²) < 4.78 is 5.97. The van der Waals surface area contributed by atoms with Gasteiger partial charge in [0.2, 0.25) is 0 Å². The van der Waals surface area contributed by atoms with Crippen molar-refractivity contribution in [1.82, 2.24) is 0 Å². The summed E-state index contributed by atoms with van der Waals surface area (Å²) in [4.78, 5) is 3.42.